The molecule has 1 fully saturated rings. The number of anilines is 1. The van der Waals surface area contributed by atoms with E-state index in [-0.39, 0.29) is 5.91 Å². The Hall–Kier alpha value is -2.37. The molecular formula is C14H17N5O. The number of aromatic nitrogens is 3. The molecule has 0 bridgehead atoms. The van der Waals surface area contributed by atoms with Crippen molar-refractivity contribution in [3.8, 4) is 0 Å². The van der Waals surface area contributed by atoms with Crippen LogP contribution in [0.1, 0.15) is 10.5 Å². The fourth-order valence-corrected chi connectivity index (χ4v) is 2.43. The number of rotatable bonds is 2. The van der Waals surface area contributed by atoms with E-state index in [4.69, 9.17) is 0 Å². The van der Waals surface area contributed by atoms with Crippen LogP contribution in [-0.4, -0.2) is 51.8 Å². The molecule has 0 unspecified atom stereocenters. The van der Waals surface area contributed by atoms with E-state index >= 15 is 0 Å². The van der Waals surface area contributed by atoms with Crippen molar-refractivity contribution in [3.05, 3.63) is 42.4 Å². The number of amides is 1. The highest BCUT2D eigenvalue weighted by Crippen LogP contribution is 2.14. The Bertz CT molecular complexity index is 587. The van der Waals surface area contributed by atoms with Crippen molar-refractivity contribution in [2.75, 3.05) is 31.1 Å². The molecule has 20 heavy (non-hydrogen) atoms. The van der Waals surface area contributed by atoms with Crippen LogP contribution in [0.25, 0.3) is 0 Å². The summed E-state index contributed by atoms with van der Waals surface area (Å²) in [4.78, 5) is 20.8. The highest BCUT2D eigenvalue weighted by molar-refractivity contribution is 5.92. The molecule has 2 aromatic heterocycles. The molecule has 0 saturated carbocycles. The average molecular weight is 271 g/mol. The standard InChI is InChI=1S/C14H17N5O/c1-17-12(5-7-16-17)14(20)19-10-8-18(9-11-19)13-4-2-3-6-15-13/h2-7H,8-11H2,1H3. The summed E-state index contributed by atoms with van der Waals surface area (Å²) in [5, 5.41) is 4.04. The zero-order chi connectivity index (χ0) is 13.9. The Kier molecular flexibility index (Phi) is 3.37. The molecule has 2 aromatic rings. The van der Waals surface area contributed by atoms with E-state index in [1.54, 1.807) is 30.2 Å². The van der Waals surface area contributed by atoms with E-state index < -0.39 is 0 Å². The molecule has 6 heteroatoms. The van der Waals surface area contributed by atoms with Crippen molar-refractivity contribution >= 4 is 11.7 Å². The SMILES string of the molecule is Cn1nccc1C(=O)N1CCN(c2ccccn2)CC1. The van der Waals surface area contributed by atoms with E-state index in [1.807, 2.05) is 23.1 Å². The fourth-order valence-electron chi connectivity index (χ4n) is 2.43. The topological polar surface area (TPSA) is 54.3 Å². The van der Waals surface area contributed by atoms with Gasteiger partial charge < -0.3 is 9.80 Å². The summed E-state index contributed by atoms with van der Waals surface area (Å²) in [5.41, 5.74) is 0.635. The molecule has 1 aliphatic rings. The molecule has 0 aliphatic carbocycles. The Morgan fingerprint density at radius 3 is 2.50 bits per heavy atom. The molecule has 3 heterocycles. The third-order valence-electron chi connectivity index (χ3n) is 3.58. The molecular weight excluding hydrogens is 254 g/mol. The average Bonchev–Trinajstić information content (AvgIpc) is 2.94. The summed E-state index contributed by atoms with van der Waals surface area (Å²) in [6.07, 6.45) is 3.44. The number of aryl methyl sites for hydroxylation is 1. The zero-order valence-electron chi connectivity index (χ0n) is 11.4. The minimum absolute atomic E-state index is 0.0469. The number of piperazine rings is 1. The highest BCUT2D eigenvalue weighted by atomic mass is 16.2. The van der Waals surface area contributed by atoms with Crippen LogP contribution in [0.3, 0.4) is 0 Å². The van der Waals surface area contributed by atoms with Crippen LogP contribution in [0.4, 0.5) is 5.82 Å². The van der Waals surface area contributed by atoms with Crippen molar-refractivity contribution in [2.45, 2.75) is 0 Å². The van der Waals surface area contributed by atoms with Crippen LogP contribution in [0.2, 0.25) is 0 Å². The summed E-state index contributed by atoms with van der Waals surface area (Å²) in [7, 11) is 1.79. The first kappa shape index (κ1) is 12.7. The Morgan fingerprint density at radius 1 is 1.10 bits per heavy atom. The number of carbonyl (C=O) groups is 1. The van der Waals surface area contributed by atoms with Crippen molar-refractivity contribution in [1.29, 1.82) is 0 Å². The third kappa shape index (κ3) is 2.36. The van der Waals surface area contributed by atoms with E-state index in [0.29, 0.717) is 18.8 Å². The largest absolute Gasteiger partial charge is 0.353 e. The monoisotopic (exact) mass is 271 g/mol. The van der Waals surface area contributed by atoms with Gasteiger partial charge in [0.25, 0.3) is 5.91 Å². The maximum absolute atomic E-state index is 12.4. The van der Waals surface area contributed by atoms with Gasteiger partial charge in [-0.1, -0.05) is 6.07 Å². The quantitative estimate of drug-likeness (QED) is 0.810. The van der Waals surface area contributed by atoms with E-state index in [9.17, 15) is 4.79 Å². The summed E-state index contributed by atoms with van der Waals surface area (Å²) >= 11 is 0. The van der Waals surface area contributed by atoms with Crippen LogP contribution in [0, 0.1) is 0 Å². The van der Waals surface area contributed by atoms with Gasteiger partial charge in [-0.15, -0.1) is 0 Å². The highest BCUT2D eigenvalue weighted by Gasteiger charge is 2.24. The van der Waals surface area contributed by atoms with Gasteiger partial charge in [0.1, 0.15) is 11.5 Å². The van der Waals surface area contributed by atoms with Gasteiger partial charge in [-0.05, 0) is 18.2 Å². The third-order valence-corrected chi connectivity index (χ3v) is 3.58. The van der Waals surface area contributed by atoms with Gasteiger partial charge in [-0.25, -0.2) is 4.98 Å². The lowest BCUT2D eigenvalue weighted by Crippen LogP contribution is -2.49. The number of hydrogen-bond acceptors (Lipinski definition) is 4. The number of hydrogen-bond donors (Lipinski definition) is 0. The van der Waals surface area contributed by atoms with Crippen LogP contribution in [0.15, 0.2) is 36.7 Å². The second-order valence-corrected chi connectivity index (χ2v) is 4.81. The van der Waals surface area contributed by atoms with Crippen LogP contribution in [0.5, 0.6) is 0 Å². The molecule has 1 amide bonds. The van der Waals surface area contributed by atoms with Crippen molar-refractivity contribution in [2.24, 2.45) is 7.05 Å². The van der Waals surface area contributed by atoms with Crippen molar-refractivity contribution in [3.63, 3.8) is 0 Å². The Balaban J connectivity index is 1.64. The summed E-state index contributed by atoms with van der Waals surface area (Å²) in [6, 6.07) is 7.65. The molecule has 3 rings (SSSR count). The normalized spacial score (nSPS) is 15.4. The lowest BCUT2D eigenvalue weighted by atomic mass is 10.2. The van der Waals surface area contributed by atoms with E-state index in [1.165, 1.54) is 0 Å². The van der Waals surface area contributed by atoms with Crippen molar-refractivity contribution in [1.82, 2.24) is 19.7 Å². The fraction of sp³-hybridized carbons (Fsp3) is 0.357. The smallest absolute Gasteiger partial charge is 0.272 e. The first-order valence-electron chi connectivity index (χ1n) is 6.69. The number of carbonyl (C=O) groups excluding carboxylic acids is 1. The van der Waals surface area contributed by atoms with Crippen molar-refractivity contribution < 1.29 is 4.79 Å². The Labute approximate surface area is 117 Å². The molecule has 0 radical (unpaired) electrons. The molecule has 1 aliphatic heterocycles. The second kappa shape index (κ2) is 5.32. The van der Waals surface area contributed by atoms with Crippen LogP contribution in [-0.2, 0) is 7.05 Å². The van der Waals surface area contributed by atoms with E-state index in [0.717, 1.165) is 18.9 Å². The maximum Gasteiger partial charge on any atom is 0.272 e. The summed E-state index contributed by atoms with van der Waals surface area (Å²) in [5.74, 6) is 1.02. The minimum atomic E-state index is 0.0469. The molecule has 1 saturated heterocycles. The first-order chi connectivity index (χ1) is 9.75. The molecule has 0 atom stereocenters. The predicted octanol–water partition coefficient (Wildman–Crippen LogP) is 0.778. The molecule has 104 valence electrons. The first-order valence-corrected chi connectivity index (χ1v) is 6.69. The summed E-state index contributed by atoms with van der Waals surface area (Å²) < 4.78 is 1.62. The molecule has 6 nitrogen and oxygen atoms in total. The van der Waals surface area contributed by atoms with Crippen LogP contribution < -0.4 is 4.90 Å². The van der Waals surface area contributed by atoms with Gasteiger partial charge in [-0.2, -0.15) is 5.10 Å². The zero-order valence-corrected chi connectivity index (χ0v) is 11.4. The van der Waals surface area contributed by atoms with Gasteiger partial charge in [0.2, 0.25) is 0 Å². The number of pyridine rings is 1. The predicted molar refractivity (Wildman–Crippen MR) is 75.6 cm³/mol. The van der Waals surface area contributed by atoms with Gasteiger partial charge in [0.05, 0.1) is 0 Å². The summed E-state index contributed by atoms with van der Waals surface area (Å²) in [6.45, 7) is 3.03. The molecule has 0 aromatic carbocycles. The van der Waals surface area contributed by atoms with Gasteiger partial charge in [-0.3, -0.25) is 9.48 Å². The van der Waals surface area contributed by atoms with Gasteiger partial charge in [0.15, 0.2) is 0 Å². The van der Waals surface area contributed by atoms with E-state index in [2.05, 4.69) is 15.0 Å². The maximum atomic E-state index is 12.4. The molecule has 0 spiro atoms. The lowest BCUT2D eigenvalue weighted by molar-refractivity contribution is 0.0735. The number of nitrogens with zero attached hydrogens (tertiary/aromatic N) is 5. The van der Waals surface area contributed by atoms with Crippen LogP contribution >= 0.6 is 0 Å². The molecule has 0 N–H and O–H groups in total. The van der Waals surface area contributed by atoms with Gasteiger partial charge >= 0.3 is 0 Å². The Morgan fingerprint density at radius 2 is 1.90 bits per heavy atom. The lowest BCUT2D eigenvalue weighted by Gasteiger charge is -2.35. The van der Waals surface area contributed by atoms with Gasteiger partial charge in [0, 0.05) is 45.6 Å². The second-order valence-electron chi connectivity index (χ2n) is 4.81. The minimum Gasteiger partial charge on any atom is -0.353 e.